The molecule has 6 heteroatoms. The Bertz CT molecular complexity index is 840. The first-order valence-electron chi connectivity index (χ1n) is 10.9. The van der Waals surface area contributed by atoms with Crippen LogP contribution in [-0.2, 0) is 18.4 Å². The largest absolute Gasteiger partial charge is 0.354 e. The Morgan fingerprint density at radius 1 is 1.28 bits per heavy atom. The highest BCUT2D eigenvalue weighted by Crippen LogP contribution is 2.27. The molecule has 0 saturated carbocycles. The second kappa shape index (κ2) is 9.09. The minimum atomic E-state index is 0.0173. The zero-order valence-corrected chi connectivity index (χ0v) is 17.7. The Morgan fingerprint density at radius 2 is 2.17 bits per heavy atom. The minimum Gasteiger partial charge on any atom is -0.354 e. The molecule has 2 unspecified atom stereocenters. The van der Waals surface area contributed by atoms with Gasteiger partial charge >= 0.3 is 0 Å². The monoisotopic (exact) mass is 395 g/mol. The molecule has 2 aliphatic heterocycles. The van der Waals surface area contributed by atoms with E-state index in [2.05, 4.69) is 51.8 Å². The fourth-order valence-corrected chi connectivity index (χ4v) is 4.68. The number of likely N-dealkylation sites (tertiary alicyclic amines) is 1. The van der Waals surface area contributed by atoms with Gasteiger partial charge in [0, 0.05) is 38.4 Å². The molecule has 29 heavy (non-hydrogen) atoms. The van der Waals surface area contributed by atoms with Gasteiger partial charge in [0.05, 0.1) is 11.7 Å². The van der Waals surface area contributed by atoms with Gasteiger partial charge in [-0.1, -0.05) is 17.7 Å². The molecule has 2 N–H and O–H groups in total. The van der Waals surface area contributed by atoms with Crippen LogP contribution in [0.5, 0.6) is 0 Å². The summed E-state index contributed by atoms with van der Waals surface area (Å²) in [6.45, 7) is 6.99. The van der Waals surface area contributed by atoms with Crippen molar-refractivity contribution in [3.8, 4) is 11.3 Å². The lowest BCUT2D eigenvalue weighted by Gasteiger charge is -2.33. The Morgan fingerprint density at radius 3 is 2.93 bits per heavy atom. The summed E-state index contributed by atoms with van der Waals surface area (Å²) in [6.07, 6.45) is 6.31. The van der Waals surface area contributed by atoms with E-state index in [1.165, 1.54) is 29.5 Å². The van der Waals surface area contributed by atoms with Gasteiger partial charge in [-0.2, -0.15) is 5.10 Å². The molecule has 2 aromatic rings. The summed E-state index contributed by atoms with van der Waals surface area (Å²) < 4.78 is 1.95. The average molecular weight is 396 g/mol. The summed E-state index contributed by atoms with van der Waals surface area (Å²) in [4.78, 5) is 14.8. The molecule has 2 saturated heterocycles. The topological polar surface area (TPSA) is 62.2 Å². The molecule has 4 rings (SSSR count). The second-order valence-electron chi connectivity index (χ2n) is 8.64. The third-order valence-corrected chi connectivity index (χ3v) is 6.30. The average Bonchev–Trinajstić information content (AvgIpc) is 3.40. The second-order valence-corrected chi connectivity index (χ2v) is 8.64. The quantitative estimate of drug-likeness (QED) is 0.789. The molecule has 2 fully saturated rings. The maximum Gasteiger partial charge on any atom is 0.237 e. The molecule has 0 bridgehead atoms. The normalized spacial score (nSPS) is 22.7. The molecule has 1 aromatic carbocycles. The smallest absolute Gasteiger partial charge is 0.237 e. The van der Waals surface area contributed by atoms with E-state index in [-0.39, 0.29) is 11.9 Å². The van der Waals surface area contributed by atoms with E-state index in [4.69, 9.17) is 0 Å². The number of benzene rings is 1. The zero-order valence-electron chi connectivity index (χ0n) is 17.7. The third kappa shape index (κ3) is 4.87. The van der Waals surface area contributed by atoms with Gasteiger partial charge in [-0.05, 0) is 69.3 Å². The highest BCUT2D eigenvalue weighted by molar-refractivity contribution is 5.82. The van der Waals surface area contributed by atoms with Crippen LogP contribution in [0.4, 0.5) is 0 Å². The Hall–Kier alpha value is -2.18. The van der Waals surface area contributed by atoms with Crippen LogP contribution in [0, 0.1) is 12.8 Å². The maximum atomic E-state index is 12.3. The number of aryl methyl sites for hydroxylation is 2. The van der Waals surface area contributed by atoms with Crippen molar-refractivity contribution in [1.82, 2.24) is 25.3 Å². The number of piperidine rings is 1. The van der Waals surface area contributed by atoms with Gasteiger partial charge < -0.3 is 10.6 Å². The highest BCUT2D eigenvalue weighted by Gasteiger charge is 2.25. The van der Waals surface area contributed by atoms with Crippen molar-refractivity contribution in [2.75, 3.05) is 26.2 Å². The Balaban J connectivity index is 1.38. The first-order valence-corrected chi connectivity index (χ1v) is 10.9. The van der Waals surface area contributed by atoms with E-state index in [0.717, 1.165) is 51.3 Å². The number of nitrogens with zero attached hydrogens (tertiary/aromatic N) is 3. The number of rotatable bonds is 6. The van der Waals surface area contributed by atoms with Crippen molar-refractivity contribution in [2.45, 2.75) is 45.2 Å². The molecule has 2 atom stereocenters. The van der Waals surface area contributed by atoms with Gasteiger partial charge in [0.25, 0.3) is 0 Å². The van der Waals surface area contributed by atoms with Gasteiger partial charge in [-0.25, -0.2) is 0 Å². The number of nitrogens with one attached hydrogen (secondary N) is 2. The summed E-state index contributed by atoms with van der Waals surface area (Å²) in [6, 6.07) is 8.83. The summed E-state index contributed by atoms with van der Waals surface area (Å²) in [5, 5.41) is 10.8. The van der Waals surface area contributed by atoms with Gasteiger partial charge in [-0.3, -0.25) is 14.4 Å². The van der Waals surface area contributed by atoms with E-state index in [1.54, 1.807) is 0 Å². The minimum absolute atomic E-state index is 0.0173. The van der Waals surface area contributed by atoms with Crippen LogP contribution >= 0.6 is 0 Å². The van der Waals surface area contributed by atoms with E-state index >= 15 is 0 Å². The molecule has 0 aliphatic carbocycles. The molecule has 1 amide bonds. The summed E-state index contributed by atoms with van der Waals surface area (Å²) in [5.41, 5.74) is 5.05. The molecule has 0 spiro atoms. The van der Waals surface area contributed by atoms with Gasteiger partial charge in [0.1, 0.15) is 0 Å². The van der Waals surface area contributed by atoms with Crippen molar-refractivity contribution in [3.63, 3.8) is 0 Å². The molecular weight excluding hydrogens is 362 g/mol. The number of aromatic nitrogens is 2. The molecule has 2 aliphatic rings. The predicted molar refractivity (Wildman–Crippen MR) is 115 cm³/mol. The van der Waals surface area contributed by atoms with Crippen LogP contribution < -0.4 is 10.6 Å². The molecule has 3 heterocycles. The SMILES string of the molecule is Cc1ccc(CN2CCCC(CNC(=O)C3CCCN3)C2)c(-c2ccnn2C)c1. The van der Waals surface area contributed by atoms with Crippen molar-refractivity contribution >= 4 is 5.91 Å². The maximum absolute atomic E-state index is 12.3. The number of hydrogen-bond donors (Lipinski definition) is 2. The van der Waals surface area contributed by atoms with Crippen molar-refractivity contribution in [1.29, 1.82) is 0 Å². The highest BCUT2D eigenvalue weighted by atomic mass is 16.2. The number of hydrogen-bond acceptors (Lipinski definition) is 4. The van der Waals surface area contributed by atoms with Crippen LogP contribution in [0.3, 0.4) is 0 Å². The molecule has 1 aromatic heterocycles. The van der Waals surface area contributed by atoms with E-state index < -0.39 is 0 Å². The van der Waals surface area contributed by atoms with E-state index in [0.29, 0.717) is 5.92 Å². The predicted octanol–water partition coefficient (Wildman–Crippen LogP) is 2.48. The third-order valence-electron chi connectivity index (χ3n) is 6.30. The Kier molecular flexibility index (Phi) is 6.31. The van der Waals surface area contributed by atoms with Gasteiger partial charge in [-0.15, -0.1) is 0 Å². The summed E-state index contributed by atoms with van der Waals surface area (Å²) in [5.74, 6) is 0.705. The van der Waals surface area contributed by atoms with Gasteiger partial charge in [0.2, 0.25) is 5.91 Å². The number of carbonyl (C=O) groups excluding carboxylic acids is 1. The zero-order chi connectivity index (χ0) is 20.2. The molecular formula is C23H33N5O. The Labute approximate surface area is 173 Å². The van der Waals surface area contributed by atoms with Gasteiger partial charge in [0.15, 0.2) is 0 Å². The van der Waals surface area contributed by atoms with Crippen LogP contribution in [0.1, 0.15) is 36.8 Å². The number of amides is 1. The lowest BCUT2D eigenvalue weighted by atomic mass is 9.96. The van der Waals surface area contributed by atoms with Crippen molar-refractivity contribution < 1.29 is 4.79 Å². The van der Waals surface area contributed by atoms with E-state index in [1.807, 2.05) is 17.9 Å². The summed E-state index contributed by atoms with van der Waals surface area (Å²) in [7, 11) is 2.00. The van der Waals surface area contributed by atoms with Crippen molar-refractivity contribution in [2.24, 2.45) is 13.0 Å². The molecule has 156 valence electrons. The van der Waals surface area contributed by atoms with Crippen LogP contribution in [0.25, 0.3) is 11.3 Å². The molecule has 6 nitrogen and oxygen atoms in total. The number of carbonyl (C=O) groups is 1. The lowest BCUT2D eigenvalue weighted by Crippen LogP contribution is -2.45. The van der Waals surface area contributed by atoms with Crippen LogP contribution in [0.2, 0.25) is 0 Å². The standard InChI is InChI=1S/C23H33N5O/c1-17-7-8-19(20(13-17)22-9-11-26-27(22)2)16-28-12-4-5-18(15-28)14-25-23(29)21-6-3-10-24-21/h7-9,11,13,18,21,24H,3-6,10,12,14-16H2,1-2H3,(H,25,29). The lowest BCUT2D eigenvalue weighted by molar-refractivity contribution is -0.123. The molecule has 0 radical (unpaired) electrons. The summed E-state index contributed by atoms with van der Waals surface area (Å²) >= 11 is 0. The first kappa shape index (κ1) is 20.1. The fraction of sp³-hybridized carbons (Fsp3) is 0.565. The van der Waals surface area contributed by atoms with Crippen LogP contribution in [0.15, 0.2) is 30.5 Å². The van der Waals surface area contributed by atoms with Crippen LogP contribution in [-0.4, -0.2) is 52.8 Å². The van der Waals surface area contributed by atoms with Crippen molar-refractivity contribution in [3.05, 3.63) is 41.6 Å². The van der Waals surface area contributed by atoms with E-state index in [9.17, 15) is 4.79 Å². The first-order chi connectivity index (χ1) is 14.1. The fourth-order valence-electron chi connectivity index (χ4n) is 4.68.